The second-order valence-corrected chi connectivity index (χ2v) is 8.95. The van der Waals surface area contributed by atoms with Gasteiger partial charge in [-0.2, -0.15) is 0 Å². The molecule has 2 saturated heterocycles. The van der Waals surface area contributed by atoms with Gasteiger partial charge in [0.25, 0.3) is 0 Å². The number of amides is 1. The fourth-order valence-electron chi connectivity index (χ4n) is 3.46. The molecule has 118 valence electrons. The molecule has 0 saturated carbocycles. The number of nitrogens with zero attached hydrogens (tertiary/aromatic N) is 1. The molecule has 6 nitrogen and oxygen atoms in total. The Morgan fingerprint density at radius 2 is 1.86 bits per heavy atom. The van der Waals surface area contributed by atoms with Crippen LogP contribution < -0.4 is 0 Å². The van der Waals surface area contributed by atoms with E-state index in [9.17, 15) is 23.1 Å². The molecule has 2 heterocycles. The summed E-state index contributed by atoms with van der Waals surface area (Å²) in [6.45, 7) is 2.76. The summed E-state index contributed by atoms with van der Waals surface area (Å²) in [6, 6.07) is 7.83. The van der Waals surface area contributed by atoms with E-state index in [-0.39, 0.29) is 0 Å². The number of carbonyl (C=O) groups excluding carboxylic acids is 1. The Hall–Kier alpha value is -1.89. The lowest BCUT2D eigenvalue weighted by molar-refractivity contribution is -0.163. The summed E-state index contributed by atoms with van der Waals surface area (Å²) in [5.41, 5.74) is 0.868. The van der Waals surface area contributed by atoms with Crippen LogP contribution in [0, 0.1) is 5.92 Å². The van der Waals surface area contributed by atoms with Gasteiger partial charge in [-0.05, 0) is 25.8 Å². The first-order valence-electron chi connectivity index (χ1n) is 7.02. The average Bonchev–Trinajstić information content (AvgIpc) is 2.59. The third-order valence-corrected chi connectivity index (χ3v) is 7.59. The fourth-order valence-corrected chi connectivity index (χ4v) is 5.78. The number of carboxylic acid groups (broad SMARTS) is 1. The Morgan fingerprint density at radius 3 is 2.41 bits per heavy atom. The zero-order chi connectivity index (χ0) is 16.3. The van der Waals surface area contributed by atoms with Crippen molar-refractivity contribution in [3.8, 4) is 0 Å². The highest BCUT2D eigenvalue weighted by Gasteiger charge is 2.71. The highest BCUT2D eigenvalue weighted by Crippen LogP contribution is 2.49. The average molecular weight is 323 g/mol. The van der Waals surface area contributed by atoms with Crippen LogP contribution in [0.3, 0.4) is 0 Å². The van der Waals surface area contributed by atoms with Crippen LogP contribution in [0.5, 0.6) is 0 Å². The molecule has 2 fully saturated rings. The predicted molar refractivity (Wildman–Crippen MR) is 78.7 cm³/mol. The van der Waals surface area contributed by atoms with Crippen molar-refractivity contribution in [2.24, 2.45) is 5.92 Å². The van der Waals surface area contributed by atoms with Crippen LogP contribution in [0.25, 0.3) is 0 Å². The maximum Gasteiger partial charge on any atom is 0.328 e. The van der Waals surface area contributed by atoms with Crippen LogP contribution in [-0.4, -0.2) is 46.5 Å². The maximum absolute atomic E-state index is 12.7. The maximum atomic E-state index is 12.7. The SMILES string of the molecule is CC1(C)[C@H](C(=O)O)N2C(=O)[C@@H](Cc3ccccc3)[C@H]2S1(=O)=O. The summed E-state index contributed by atoms with van der Waals surface area (Å²) in [5, 5.41) is 8.31. The number of fused-ring (bicyclic) bond motifs is 1. The molecule has 1 amide bonds. The standard InChI is InChI=1S/C15H17NO5S/c1-15(2)11(14(18)19)16-12(17)10(13(16)22(15,20)21)8-9-6-4-3-5-7-9/h3-7,10-11,13H,8H2,1-2H3,(H,18,19)/t10-,11+,13-/m1/s1. The van der Waals surface area contributed by atoms with Crippen molar-refractivity contribution in [3.05, 3.63) is 35.9 Å². The van der Waals surface area contributed by atoms with Gasteiger partial charge in [0.15, 0.2) is 9.84 Å². The van der Waals surface area contributed by atoms with Crippen molar-refractivity contribution in [2.75, 3.05) is 0 Å². The number of rotatable bonds is 3. The molecule has 0 aromatic heterocycles. The van der Waals surface area contributed by atoms with Gasteiger partial charge in [0.05, 0.1) is 10.7 Å². The van der Waals surface area contributed by atoms with Gasteiger partial charge in [-0.3, -0.25) is 4.79 Å². The summed E-state index contributed by atoms with van der Waals surface area (Å²) < 4.78 is 23.9. The zero-order valence-corrected chi connectivity index (χ0v) is 13.1. The Morgan fingerprint density at radius 1 is 1.27 bits per heavy atom. The first-order chi connectivity index (χ1) is 10.2. The van der Waals surface area contributed by atoms with Crippen molar-refractivity contribution in [1.29, 1.82) is 0 Å². The van der Waals surface area contributed by atoms with Gasteiger partial charge in [0.2, 0.25) is 5.91 Å². The lowest BCUT2D eigenvalue weighted by Gasteiger charge is -2.42. The van der Waals surface area contributed by atoms with Gasteiger partial charge in [0.1, 0.15) is 11.4 Å². The molecule has 0 unspecified atom stereocenters. The molecule has 0 spiro atoms. The predicted octanol–water partition coefficient (Wildman–Crippen LogP) is 0.674. The quantitative estimate of drug-likeness (QED) is 0.826. The van der Waals surface area contributed by atoms with Crippen LogP contribution in [-0.2, 0) is 25.8 Å². The van der Waals surface area contributed by atoms with Gasteiger partial charge in [-0.25, -0.2) is 13.2 Å². The van der Waals surface area contributed by atoms with Crippen LogP contribution in [0.4, 0.5) is 0 Å². The van der Waals surface area contributed by atoms with Crippen LogP contribution in [0.15, 0.2) is 30.3 Å². The molecule has 0 radical (unpaired) electrons. The molecule has 2 aliphatic heterocycles. The van der Waals surface area contributed by atoms with E-state index < -0.39 is 43.8 Å². The summed E-state index contributed by atoms with van der Waals surface area (Å²) in [5.74, 6) is -2.37. The van der Waals surface area contributed by atoms with E-state index in [2.05, 4.69) is 0 Å². The minimum Gasteiger partial charge on any atom is -0.480 e. The van der Waals surface area contributed by atoms with Crippen molar-refractivity contribution in [1.82, 2.24) is 4.90 Å². The molecule has 1 aromatic carbocycles. The molecular formula is C15H17NO5S. The van der Waals surface area contributed by atoms with Gasteiger partial charge in [-0.15, -0.1) is 0 Å². The molecule has 22 heavy (non-hydrogen) atoms. The van der Waals surface area contributed by atoms with Crippen molar-refractivity contribution in [2.45, 2.75) is 36.4 Å². The molecule has 0 bridgehead atoms. The molecule has 1 N–H and O–H groups in total. The van der Waals surface area contributed by atoms with Crippen molar-refractivity contribution in [3.63, 3.8) is 0 Å². The molecule has 1 aromatic rings. The van der Waals surface area contributed by atoms with Gasteiger partial charge < -0.3 is 10.0 Å². The molecule has 3 rings (SSSR count). The second kappa shape index (κ2) is 4.55. The van der Waals surface area contributed by atoms with Gasteiger partial charge in [0, 0.05) is 0 Å². The molecule has 7 heteroatoms. The van der Waals surface area contributed by atoms with Gasteiger partial charge in [-0.1, -0.05) is 30.3 Å². The molecule has 2 aliphatic rings. The minimum absolute atomic E-state index is 0.308. The van der Waals surface area contributed by atoms with E-state index in [4.69, 9.17) is 0 Å². The number of hydrogen-bond donors (Lipinski definition) is 1. The highest BCUT2D eigenvalue weighted by molar-refractivity contribution is 7.93. The molecule has 0 aliphatic carbocycles. The third-order valence-electron chi connectivity index (χ3n) is 4.71. The van der Waals surface area contributed by atoms with Crippen LogP contribution in [0.2, 0.25) is 0 Å². The largest absolute Gasteiger partial charge is 0.480 e. The summed E-state index contributed by atoms with van der Waals surface area (Å²) in [7, 11) is -3.74. The summed E-state index contributed by atoms with van der Waals surface area (Å²) in [6.07, 6.45) is 0.308. The zero-order valence-electron chi connectivity index (χ0n) is 12.3. The van der Waals surface area contributed by atoms with E-state index in [1.807, 2.05) is 30.3 Å². The smallest absolute Gasteiger partial charge is 0.328 e. The summed E-state index contributed by atoms with van der Waals surface area (Å²) >= 11 is 0. The monoisotopic (exact) mass is 323 g/mol. The first kappa shape index (κ1) is 15.0. The number of carboxylic acids is 1. The number of aliphatic carboxylic acids is 1. The second-order valence-electron chi connectivity index (χ2n) is 6.32. The van der Waals surface area contributed by atoms with Crippen molar-refractivity contribution < 1.29 is 23.1 Å². The number of carbonyl (C=O) groups is 2. The van der Waals surface area contributed by atoms with Crippen LogP contribution >= 0.6 is 0 Å². The Kier molecular flexibility index (Phi) is 3.11. The Bertz CT molecular complexity index is 740. The number of hydrogen-bond acceptors (Lipinski definition) is 4. The Labute approximate surface area is 128 Å². The normalized spacial score (nSPS) is 31.5. The van der Waals surface area contributed by atoms with E-state index >= 15 is 0 Å². The van der Waals surface area contributed by atoms with Gasteiger partial charge >= 0.3 is 5.97 Å². The number of sulfone groups is 1. The van der Waals surface area contributed by atoms with E-state index in [0.717, 1.165) is 10.5 Å². The van der Waals surface area contributed by atoms with Crippen molar-refractivity contribution >= 4 is 21.7 Å². The fraction of sp³-hybridized carbons (Fsp3) is 0.467. The lowest BCUT2D eigenvalue weighted by atomic mass is 9.87. The van der Waals surface area contributed by atoms with E-state index in [1.165, 1.54) is 13.8 Å². The lowest BCUT2D eigenvalue weighted by Crippen LogP contribution is -2.64. The molecular weight excluding hydrogens is 306 g/mol. The van der Waals surface area contributed by atoms with E-state index in [0.29, 0.717) is 6.42 Å². The first-order valence-corrected chi connectivity index (χ1v) is 8.56. The Balaban J connectivity index is 1.97. The summed E-state index contributed by atoms with van der Waals surface area (Å²) in [4.78, 5) is 24.8. The van der Waals surface area contributed by atoms with Crippen LogP contribution in [0.1, 0.15) is 19.4 Å². The number of β-lactam (4-membered cyclic amide) rings is 1. The minimum atomic E-state index is -3.74. The van der Waals surface area contributed by atoms with E-state index in [1.54, 1.807) is 0 Å². The highest BCUT2D eigenvalue weighted by atomic mass is 32.2. The number of benzene rings is 1. The molecule has 3 atom stereocenters. The third kappa shape index (κ3) is 1.75. The topological polar surface area (TPSA) is 91.8 Å².